The molecule has 1 unspecified atom stereocenters. The quantitative estimate of drug-likeness (QED) is 0.589. The molecule has 0 aliphatic heterocycles. The minimum Gasteiger partial charge on any atom is -0.372 e. The molecule has 0 aromatic heterocycles. The van der Waals surface area contributed by atoms with Gasteiger partial charge in [-0.15, -0.1) is 0 Å². The summed E-state index contributed by atoms with van der Waals surface area (Å²) in [5, 5.41) is 0. The molecule has 1 atom stereocenters. The van der Waals surface area contributed by atoms with Gasteiger partial charge in [-0.1, -0.05) is 20.3 Å². The van der Waals surface area contributed by atoms with Gasteiger partial charge in [-0.2, -0.15) is 0 Å². The Morgan fingerprint density at radius 1 is 1.27 bits per heavy atom. The molecule has 0 fully saturated rings. The van der Waals surface area contributed by atoms with Gasteiger partial charge in [-0.25, -0.2) is 8.78 Å². The summed E-state index contributed by atoms with van der Waals surface area (Å²) in [5.41, 5.74) is 0. The van der Waals surface area contributed by atoms with Crippen LogP contribution in [0.4, 0.5) is 8.78 Å². The van der Waals surface area contributed by atoms with E-state index < -0.39 is 13.0 Å². The van der Waals surface area contributed by atoms with Crippen LogP contribution in [0.5, 0.6) is 0 Å². The largest absolute Gasteiger partial charge is 0.372 e. The van der Waals surface area contributed by atoms with Gasteiger partial charge in [0.15, 0.2) is 0 Å². The standard InChI is InChI=1S/C8H16F2O/c1-3-5-7(4-2)11-6-8(9)10/h7-8H,3-6H2,1-2H3. The average Bonchev–Trinajstić information content (AvgIpc) is 1.97. The van der Waals surface area contributed by atoms with Crippen molar-refractivity contribution in [2.24, 2.45) is 0 Å². The Morgan fingerprint density at radius 3 is 2.27 bits per heavy atom. The number of halogens is 2. The van der Waals surface area contributed by atoms with Crippen LogP contribution in [0.15, 0.2) is 0 Å². The van der Waals surface area contributed by atoms with Crippen molar-refractivity contribution in [3.05, 3.63) is 0 Å². The number of alkyl halides is 2. The topological polar surface area (TPSA) is 9.23 Å². The molecule has 0 amide bonds. The van der Waals surface area contributed by atoms with Crippen molar-refractivity contribution in [2.45, 2.75) is 45.6 Å². The average molecular weight is 166 g/mol. The number of ether oxygens (including phenoxy) is 1. The van der Waals surface area contributed by atoms with Gasteiger partial charge >= 0.3 is 0 Å². The summed E-state index contributed by atoms with van der Waals surface area (Å²) in [7, 11) is 0. The van der Waals surface area contributed by atoms with E-state index in [0.717, 1.165) is 19.3 Å². The van der Waals surface area contributed by atoms with Gasteiger partial charge in [0.05, 0.1) is 6.10 Å². The van der Waals surface area contributed by atoms with E-state index >= 15 is 0 Å². The zero-order valence-electron chi connectivity index (χ0n) is 7.15. The maximum absolute atomic E-state index is 11.6. The van der Waals surface area contributed by atoms with Crippen LogP contribution in [0.25, 0.3) is 0 Å². The normalized spacial score (nSPS) is 13.9. The third kappa shape index (κ3) is 6.23. The minimum atomic E-state index is -2.33. The summed E-state index contributed by atoms with van der Waals surface area (Å²) in [6, 6.07) is 0. The van der Waals surface area contributed by atoms with Crippen LogP contribution in [0.1, 0.15) is 33.1 Å². The van der Waals surface area contributed by atoms with E-state index in [1.807, 2.05) is 13.8 Å². The SMILES string of the molecule is CCCC(CC)OCC(F)F. The van der Waals surface area contributed by atoms with E-state index in [1.54, 1.807) is 0 Å². The predicted molar refractivity (Wildman–Crippen MR) is 40.9 cm³/mol. The van der Waals surface area contributed by atoms with Crippen LogP contribution in [0.3, 0.4) is 0 Å². The molecule has 0 rings (SSSR count). The zero-order chi connectivity index (χ0) is 8.69. The van der Waals surface area contributed by atoms with Crippen LogP contribution < -0.4 is 0 Å². The zero-order valence-corrected chi connectivity index (χ0v) is 7.15. The molecule has 0 aliphatic carbocycles. The molecule has 0 aromatic carbocycles. The van der Waals surface area contributed by atoms with Crippen molar-refractivity contribution < 1.29 is 13.5 Å². The van der Waals surface area contributed by atoms with Crippen LogP contribution >= 0.6 is 0 Å². The Morgan fingerprint density at radius 2 is 1.91 bits per heavy atom. The van der Waals surface area contributed by atoms with Crippen molar-refractivity contribution in [1.82, 2.24) is 0 Å². The lowest BCUT2D eigenvalue weighted by molar-refractivity contribution is -0.0282. The number of hydrogen-bond donors (Lipinski definition) is 0. The molecule has 0 N–H and O–H groups in total. The molecule has 11 heavy (non-hydrogen) atoms. The highest BCUT2D eigenvalue weighted by Crippen LogP contribution is 2.07. The summed E-state index contributed by atoms with van der Waals surface area (Å²) in [5.74, 6) is 0. The first-order chi connectivity index (χ1) is 5.20. The first-order valence-corrected chi connectivity index (χ1v) is 4.10. The highest BCUT2D eigenvalue weighted by atomic mass is 19.3. The van der Waals surface area contributed by atoms with Gasteiger partial charge in [-0.3, -0.25) is 0 Å². The van der Waals surface area contributed by atoms with E-state index in [2.05, 4.69) is 0 Å². The van der Waals surface area contributed by atoms with Gasteiger partial charge in [0, 0.05) is 0 Å². The monoisotopic (exact) mass is 166 g/mol. The summed E-state index contributed by atoms with van der Waals surface area (Å²) < 4.78 is 28.2. The van der Waals surface area contributed by atoms with Crippen molar-refractivity contribution in [3.8, 4) is 0 Å². The highest BCUT2D eigenvalue weighted by Gasteiger charge is 2.08. The third-order valence-corrected chi connectivity index (χ3v) is 1.52. The van der Waals surface area contributed by atoms with Gasteiger partial charge in [0.1, 0.15) is 6.61 Å². The molecule has 0 radical (unpaired) electrons. The fourth-order valence-electron chi connectivity index (χ4n) is 0.936. The Kier molecular flexibility index (Phi) is 6.42. The second-order valence-electron chi connectivity index (χ2n) is 2.54. The molecule has 0 spiro atoms. The van der Waals surface area contributed by atoms with E-state index in [-0.39, 0.29) is 6.10 Å². The fourth-order valence-corrected chi connectivity index (χ4v) is 0.936. The summed E-state index contributed by atoms with van der Waals surface area (Å²) >= 11 is 0. The van der Waals surface area contributed by atoms with Gasteiger partial charge in [0.25, 0.3) is 6.43 Å². The summed E-state index contributed by atoms with van der Waals surface area (Å²) in [6.07, 6.45) is 0.376. The highest BCUT2D eigenvalue weighted by molar-refractivity contribution is 4.53. The Hall–Kier alpha value is -0.180. The molecular formula is C8H16F2O. The summed E-state index contributed by atoms with van der Waals surface area (Å²) in [4.78, 5) is 0. The molecular weight excluding hydrogens is 150 g/mol. The molecule has 0 aliphatic rings. The Balaban J connectivity index is 3.35. The van der Waals surface area contributed by atoms with Crippen LogP contribution in [0, 0.1) is 0 Å². The lowest BCUT2D eigenvalue weighted by atomic mass is 10.2. The molecule has 0 heterocycles. The van der Waals surface area contributed by atoms with E-state index in [1.165, 1.54) is 0 Å². The maximum atomic E-state index is 11.6. The van der Waals surface area contributed by atoms with E-state index in [9.17, 15) is 8.78 Å². The van der Waals surface area contributed by atoms with E-state index in [4.69, 9.17) is 4.74 Å². The third-order valence-electron chi connectivity index (χ3n) is 1.52. The Labute approximate surface area is 66.7 Å². The van der Waals surface area contributed by atoms with Gasteiger partial charge in [0.2, 0.25) is 0 Å². The Bertz CT molecular complexity index is 86.2. The van der Waals surface area contributed by atoms with Crippen molar-refractivity contribution in [1.29, 1.82) is 0 Å². The molecule has 0 saturated carbocycles. The lowest BCUT2D eigenvalue weighted by Gasteiger charge is -2.14. The lowest BCUT2D eigenvalue weighted by Crippen LogP contribution is -2.15. The molecule has 1 nitrogen and oxygen atoms in total. The number of hydrogen-bond acceptors (Lipinski definition) is 1. The van der Waals surface area contributed by atoms with Crippen LogP contribution in [-0.2, 0) is 4.74 Å². The first-order valence-electron chi connectivity index (χ1n) is 4.10. The smallest absolute Gasteiger partial charge is 0.261 e. The van der Waals surface area contributed by atoms with Crippen LogP contribution in [0.2, 0.25) is 0 Å². The molecule has 0 saturated heterocycles. The van der Waals surface area contributed by atoms with Crippen molar-refractivity contribution >= 4 is 0 Å². The van der Waals surface area contributed by atoms with Crippen molar-refractivity contribution in [3.63, 3.8) is 0 Å². The number of rotatable bonds is 6. The first kappa shape index (κ1) is 10.8. The predicted octanol–water partition coefficient (Wildman–Crippen LogP) is 2.85. The molecule has 3 heteroatoms. The van der Waals surface area contributed by atoms with Crippen molar-refractivity contribution in [2.75, 3.05) is 6.61 Å². The minimum absolute atomic E-state index is 0.0222. The molecule has 0 bridgehead atoms. The second kappa shape index (κ2) is 6.53. The van der Waals surface area contributed by atoms with E-state index in [0.29, 0.717) is 0 Å². The van der Waals surface area contributed by atoms with Gasteiger partial charge < -0.3 is 4.74 Å². The molecule has 68 valence electrons. The molecule has 0 aromatic rings. The van der Waals surface area contributed by atoms with Gasteiger partial charge in [-0.05, 0) is 12.8 Å². The second-order valence-corrected chi connectivity index (χ2v) is 2.54. The van der Waals surface area contributed by atoms with Crippen LogP contribution in [-0.4, -0.2) is 19.1 Å². The summed E-state index contributed by atoms with van der Waals surface area (Å²) in [6.45, 7) is 3.55. The maximum Gasteiger partial charge on any atom is 0.261 e. The fraction of sp³-hybridized carbons (Fsp3) is 1.00.